The van der Waals surface area contributed by atoms with Gasteiger partial charge in [-0.2, -0.15) is 0 Å². The van der Waals surface area contributed by atoms with Gasteiger partial charge in [0.05, 0.1) is 12.2 Å². The molecule has 0 saturated carbocycles. The standard InChI is InChI=1S/C12H14N2O2/c1-14(2)7-9(15)12-11(13)8-5-3-4-6-10(8)16-12/h3-6H,7,13H2,1-2H3. The number of benzene rings is 1. The molecule has 0 unspecified atom stereocenters. The van der Waals surface area contributed by atoms with Gasteiger partial charge in [0.1, 0.15) is 5.58 Å². The number of hydrogen-bond acceptors (Lipinski definition) is 4. The number of anilines is 1. The lowest BCUT2D eigenvalue weighted by atomic mass is 10.2. The Kier molecular flexibility index (Phi) is 2.66. The molecule has 0 spiro atoms. The Labute approximate surface area is 93.6 Å². The second-order valence-electron chi connectivity index (χ2n) is 4.00. The fourth-order valence-corrected chi connectivity index (χ4v) is 1.63. The van der Waals surface area contributed by atoms with Crippen molar-refractivity contribution in [3.8, 4) is 0 Å². The zero-order chi connectivity index (χ0) is 11.7. The van der Waals surface area contributed by atoms with Gasteiger partial charge in [0.15, 0.2) is 5.76 Å². The maximum absolute atomic E-state index is 11.8. The molecule has 2 N–H and O–H groups in total. The third-order valence-corrected chi connectivity index (χ3v) is 2.35. The van der Waals surface area contributed by atoms with E-state index in [0.717, 1.165) is 5.39 Å². The summed E-state index contributed by atoms with van der Waals surface area (Å²) in [5, 5.41) is 0.796. The molecule has 0 amide bonds. The summed E-state index contributed by atoms with van der Waals surface area (Å²) in [5.41, 5.74) is 6.97. The van der Waals surface area contributed by atoms with E-state index in [-0.39, 0.29) is 11.5 Å². The van der Waals surface area contributed by atoms with Crippen molar-refractivity contribution in [1.82, 2.24) is 4.90 Å². The molecular weight excluding hydrogens is 204 g/mol. The quantitative estimate of drug-likeness (QED) is 0.797. The van der Waals surface area contributed by atoms with Crippen LogP contribution in [0.4, 0.5) is 5.69 Å². The third-order valence-electron chi connectivity index (χ3n) is 2.35. The number of carbonyl (C=O) groups is 1. The fraction of sp³-hybridized carbons (Fsp3) is 0.250. The molecule has 4 nitrogen and oxygen atoms in total. The minimum atomic E-state index is -0.0984. The monoisotopic (exact) mass is 218 g/mol. The van der Waals surface area contributed by atoms with Gasteiger partial charge in [-0.15, -0.1) is 0 Å². The Hall–Kier alpha value is -1.81. The molecule has 16 heavy (non-hydrogen) atoms. The number of nitrogens with two attached hydrogens (primary N) is 1. The zero-order valence-electron chi connectivity index (χ0n) is 9.36. The van der Waals surface area contributed by atoms with Crippen molar-refractivity contribution in [3.63, 3.8) is 0 Å². The summed E-state index contributed by atoms with van der Waals surface area (Å²) in [5.74, 6) is 0.161. The van der Waals surface area contributed by atoms with E-state index < -0.39 is 0 Å². The SMILES string of the molecule is CN(C)CC(=O)c1oc2ccccc2c1N. The number of rotatable bonds is 3. The molecule has 0 radical (unpaired) electrons. The third kappa shape index (κ3) is 1.79. The van der Waals surface area contributed by atoms with Gasteiger partial charge in [-0.25, -0.2) is 0 Å². The van der Waals surface area contributed by atoms with E-state index in [0.29, 0.717) is 17.8 Å². The maximum atomic E-state index is 11.8. The first-order valence-corrected chi connectivity index (χ1v) is 5.04. The Morgan fingerprint density at radius 1 is 1.38 bits per heavy atom. The predicted octanol–water partition coefficient (Wildman–Crippen LogP) is 1.76. The number of ketones is 1. The van der Waals surface area contributed by atoms with Crippen molar-refractivity contribution in [2.75, 3.05) is 26.4 Å². The summed E-state index contributed by atoms with van der Waals surface area (Å²) in [7, 11) is 3.66. The zero-order valence-corrected chi connectivity index (χ0v) is 9.36. The molecule has 1 heterocycles. The van der Waals surface area contributed by atoms with Crippen molar-refractivity contribution in [3.05, 3.63) is 30.0 Å². The van der Waals surface area contributed by atoms with E-state index in [1.165, 1.54) is 0 Å². The first kappa shape index (κ1) is 10.7. The highest BCUT2D eigenvalue weighted by atomic mass is 16.3. The lowest BCUT2D eigenvalue weighted by molar-refractivity contribution is 0.0934. The predicted molar refractivity (Wildman–Crippen MR) is 63.5 cm³/mol. The highest BCUT2D eigenvalue weighted by Crippen LogP contribution is 2.28. The molecule has 0 aliphatic carbocycles. The summed E-state index contributed by atoms with van der Waals surface area (Å²) in [6.07, 6.45) is 0. The Balaban J connectivity index is 2.45. The first-order valence-electron chi connectivity index (χ1n) is 5.04. The lowest BCUT2D eigenvalue weighted by Crippen LogP contribution is -2.21. The second kappa shape index (κ2) is 3.98. The van der Waals surface area contributed by atoms with E-state index in [1.54, 1.807) is 11.0 Å². The molecule has 0 atom stereocenters. The lowest BCUT2D eigenvalue weighted by Gasteiger charge is -2.06. The second-order valence-corrected chi connectivity index (χ2v) is 4.00. The van der Waals surface area contributed by atoms with Crippen LogP contribution in [0.25, 0.3) is 11.0 Å². The molecule has 1 aromatic carbocycles. The summed E-state index contributed by atoms with van der Waals surface area (Å²) >= 11 is 0. The van der Waals surface area contributed by atoms with Crippen LogP contribution in [0.15, 0.2) is 28.7 Å². The first-order chi connectivity index (χ1) is 7.59. The minimum Gasteiger partial charge on any atom is -0.451 e. The van der Waals surface area contributed by atoms with Gasteiger partial charge in [-0.05, 0) is 26.2 Å². The Morgan fingerprint density at radius 3 is 2.69 bits per heavy atom. The van der Waals surface area contributed by atoms with Crippen molar-refractivity contribution in [2.45, 2.75) is 0 Å². The van der Waals surface area contributed by atoms with Crippen molar-refractivity contribution in [1.29, 1.82) is 0 Å². The van der Waals surface area contributed by atoms with Crippen LogP contribution >= 0.6 is 0 Å². The van der Waals surface area contributed by atoms with Crippen LogP contribution in [0, 0.1) is 0 Å². The van der Waals surface area contributed by atoms with E-state index in [1.807, 2.05) is 32.3 Å². The van der Waals surface area contributed by atoms with Gasteiger partial charge < -0.3 is 15.1 Å². The minimum absolute atomic E-state index is 0.0984. The number of Topliss-reactive ketones (excluding diaryl/α,β-unsaturated/α-hetero) is 1. The number of hydrogen-bond donors (Lipinski definition) is 1. The summed E-state index contributed by atoms with van der Waals surface area (Å²) < 4.78 is 5.46. The fourth-order valence-electron chi connectivity index (χ4n) is 1.63. The number of para-hydroxylation sites is 1. The summed E-state index contributed by atoms with van der Waals surface area (Å²) in [4.78, 5) is 13.6. The number of nitrogens with zero attached hydrogens (tertiary/aromatic N) is 1. The van der Waals surface area contributed by atoms with E-state index in [4.69, 9.17) is 10.2 Å². The number of fused-ring (bicyclic) bond motifs is 1. The van der Waals surface area contributed by atoms with Crippen molar-refractivity contribution >= 4 is 22.4 Å². The molecule has 0 aliphatic rings. The van der Waals surface area contributed by atoms with E-state index in [9.17, 15) is 4.79 Å². The average Bonchev–Trinajstić information content (AvgIpc) is 2.56. The number of likely N-dealkylation sites (N-methyl/N-ethyl adjacent to an activating group) is 1. The smallest absolute Gasteiger partial charge is 0.214 e. The Bertz CT molecular complexity index is 529. The topological polar surface area (TPSA) is 59.5 Å². The molecule has 0 bridgehead atoms. The molecule has 4 heteroatoms. The van der Waals surface area contributed by atoms with E-state index in [2.05, 4.69) is 0 Å². The van der Waals surface area contributed by atoms with Crippen LogP contribution in [0.1, 0.15) is 10.6 Å². The molecule has 84 valence electrons. The molecule has 0 aliphatic heterocycles. The normalized spacial score (nSPS) is 11.2. The highest BCUT2D eigenvalue weighted by molar-refractivity contribution is 6.07. The van der Waals surface area contributed by atoms with Gasteiger partial charge in [0.25, 0.3) is 0 Å². The highest BCUT2D eigenvalue weighted by Gasteiger charge is 2.18. The van der Waals surface area contributed by atoms with Crippen LogP contribution in [-0.2, 0) is 0 Å². The number of furan rings is 1. The van der Waals surface area contributed by atoms with Crippen LogP contribution in [-0.4, -0.2) is 31.3 Å². The maximum Gasteiger partial charge on any atom is 0.214 e. The van der Waals surface area contributed by atoms with Gasteiger partial charge in [-0.1, -0.05) is 12.1 Å². The number of nitrogen functional groups attached to an aromatic ring is 1. The molecule has 2 rings (SSSR count). The molecule has 2 aromatic rings. The van der Waals surface area contributed by atoms with E-state index >= 15 is 0 Å². The van der Waals surface area contributed by atoms with Crippen LogP contribution < -0.4 is 5.73 Å². The summed E-state index contributed by atoms with van der Waals surface area (Å²) in [6, 6.07) is 7.37. The van der Waals surface area contributed by atoms with Crippen LogP contribution in [0.2, 0.25) is 0 Å². The van der Waals surface area contributed by atoms with Crippen molar-refractivity contribution in [2.24, 2.45) is 0 Å². The number of carbonyl (C=O) groups excluding carboxylic acids is 1. The van der Waals surface area contributed by atoms with Gasteiger partial charge in [0, 0.05) is 5.39 Å². The molecule has 0 saturated heterocycles. The summed E-state index contributed by atoms with van der Waals surface area (Å²) in [6.45, 7) is 0.296. The van der Waals surface area contributed by atoms with Crippen LogP contribution in [0.3, 0.4) is 0 Å². The van der Waals surface area contributed by atoms with Gasteiger partial charge in [-0.3, -0.25) is 4.79 Å². The largest absolute Gasteiger partial charge is 0.451 e. The Morgan fingerprint density at radius 2 is 2.06 bits per heavy atom. The molecular formula is C12H14N2O2. The van der Waals surface area contributed by atoms with Crippen LogP contribution in [0.5, 0.6) is 0 Å². The van der Waals surface area contributed by atoms with Gasteiger partial charge >= 0.3 is 0 Å². The van der Waals surface area contributed by atoms with Gasteiger partial charge in [0.2, 0.25) is 5.78 Å². The molecule has 0 fully saturated rings. The van der Waals surface area contributed by atoms with Crippen molar-refractivity contribution < 1.29 is 9.21 Å². The molecule has 1 aromatic heterocycles. The average molecular weight is 218 g/mol.